The first kappa shape index (κ1) is 23.8. The number of halogens is 1. The molecular formula is C23H26ClN5O2S. The quantitative estimate of drug-likeness (QED) is 0.440. The van der Waals surface area contributed by atoms with Gasteiger partial charge in [-0.25, -0.2) is 0 Å². The van der Waals surface area contributed by atoms with Crippen molar-refractivity contribution in [1.29, 1.82) is 0 Å². The summed E-state index contributed by atoms with van der Waals surface area (Å²) in [4.78, 5) is 25.1. The molecule has 0 aliphatic rings. The van der Waals surface area contributed by atoms with Crippen LogP contribution in [-0.2, 0) is 17.8 Å². The standard InChI is InChI=1S/C23H26ClN5O2S/c1-4-16-10-6-9-13-19(16)26-20(30)14-32-23-28-27-21(29(23)5-2)15(3)25-22(31)17-11-7-8-12-18(17)24/h6-13,15H,4-5,14H2,1-3H3,(H,25,31)(H,26,30)/t15-/m1/s1. The second-order valence-electron chi connectivity index (χ2n) is 7.11. The van der Waals surface area contributed by atoms with Crippen LogP contribution in [0.5, 0.6) is 0 Å². The number of hydrogen-bond donors (Lipinski definition) is 2. The lowest BCUT2D eigenvalue weighted by Crippen LogP contribution is -2.29. The van der Waals surface area contributed by atoms with Crippen molar-refractivity contribution >= 4 is 40.9 Å². The van der Waals surface area contributed by atoms with Crippen LogP contribution in [0, 0.1) is 0 Å². The van der Waals surface area contributed by atoms with Crippen LogP contribution in [0.15, 0.2) is 53.7 Å². The lowest BCUT2D eigenvalue weighted by Gasteiger charge is -2.15. The van der Waals surface area contributed by atoms with Gasteiger partial charge < -0.3 is 15.2 Å². The monoisotopic (exact) mass is 471 g/mol. The van der Waals surface area contributed by atoms with E-state index in [1.807, 2.05) is 42.7 Å². The molecule has 3 rings (SSSR count). The average molecular weight is 472 g/mol. The summed E-state index contributed by atoms with van der Waals surface area (Å²) in [5.74, 6) is 0.434. The maximum atomic E-state index is 12.6. The van der Waals surface area contributed by atoms with Crippen molar-refractivity contribution in [3.63, 3.8) is 0 Å². The molecule has 0 aliphatic heterocycles. The molecule has 1 aromatic heterocycles. The number of carbonyl (C=O) groups is 2. The second-order valence-corrected chi connectivity index (χ2v) is 8.46. The van der Waals surface area contributed by atoms with Gasteiger partial charge in [0, 0.05) is 12.2 Å². The summed E-state index contributed by atoms with van der Waals surface area (Å²) < 4.78 is 1.90. The molecule has 0 aliphatic carbocycles. The molecule has 168 valence electrons. The predicted octanol–water partition coefficient (Wildman–Crippen LogP) is 4.74. The van der Waals surface area contributed by atoms with Gasteiger partial charge in [-0.2, -0.15) is 0 Å². The molecule has 2 amide bonds. The molecule has 0 radical (unpaired) electrons. The molecule has 0 saturated heterocycles. The van der Waals surface area contributed by atoms with Crippen molar-refractivity contribution in [2.75, 3.05) is 11.1 Å². The van der Waals surface area contributed by atoms with Crippen LogP contribution in [0.2, 0.25) is 5.02 Å². The maximum Gasteiger partial charge on any atom is 0.253 e. The van der Waals surface area contributed by atoms with E-state index >= 15 is 0 Å². The van der Waals surface area contributed by atoms with E-state index in [0.29, 0.717) is 28.1 Å². The van der Waals surface area contributed by atoms with Gasteiger partial charge in [-0.1, -0.05) is 60.6 Å². The first-order chi connectivity index (χ1) is 15.4. The van der Waals surface area contributed by atoms with Crippen LogP contribution in [0.25, 0.3) is 0 Å². The molecule has 0 fully saturated rings. The third kappa shape index (κ3) is 5.69. The summed E-state index contributed by atoms with van der Waals surface area (Å²) in [6.07, 6.45) is 0.842. The predicted molar refractivity (Wildman–Crippen MR) is 128 cm³/mol. The fourth-order valence-electron chi connectivity index (χ4n) is 3.28. The Hall–Kier alpha value is -2.84. The highest BCUT2D eigenvalue weighted by Crippen LogP contribution is 2.23. The van der Waals surface area contributed by atoms with Gasteiger partial charge in [0.2, 0.25) is 5.91 Å². The topological polar surface area (TPSA) is 88.9 Å². The molecule has 32 heavy (non-hydrogen) atoms. The van der Waals surface area contributed by atoms with Gasteiger partial charge in [-0.05, 0) is 44.0 Å². The number of anilines is 1. The van der Waals surface area contributed by atoms with Crippen LogP contribution < -0.4 is 10.6 Å². The zero-order chi connectivity index (χ0) is 23.1. The van der Waals surface area contributed by atoms with Crippen LogP contribution in [0.1, 0.15) is 48.6 Å². The number of para-hydroxylation sites is 1. The van der Waals surface area contributed by atoms with E-state index in [1.54, 1.807) is 24.3 Å². The number of aromatic nitrogens is 3. The van der Waals surface area contributed by atoms with Gasteiger partial charge in [0.05, 0.1) is 22.4 Å². The maximum absolute atomic E-state index is 12.6. The number of thioether (sulfide) groups is 1. The third-order valence-corrected chi connectivity index (χ3v) is 6.22. The lowest BCUT2D eigenvalue weighted by atomic mass is 10.1. The fourth-order valence-corrected chi connectivity index (χ4v) is 4.31. The zero-order valence-corrected chi connectivity index (χ0v) is 19.8. The lowest BCUT2D eigenvalue weighted by molar-refractivity contribution is -0.113. The summed E-state index contributed by atoms with van der Waals surface area (Å²) in [6.45, 7) is 6.47. The summed E-state index contributed by atoms with van der Waals surface area (Å²) >= 11 is 7.44. The van der Waals surface area contributed by atoms with E-state index in [2.05, 4.69) is 27.8 Å². The number of benzene rings is 2. The van der Waals surface area contributed by atoms with Gasteiger partial charge in [-0.15, -0.1) is 10.2 Å². The molecule has 0 spiro atoms. The first-order valence-electron chi connectivity index (χ1n) is 10.4. The van der Waals surface area contributed by atoms with Crippen molar-refractivity contribution in [1.82, 2.24) is 20.1 Å². The minimum atomic E-state index is -0.383. The van der Waals surface area contributed by atoms with Crippen LogP contribution >= 0.6 is 23.4 Å². The largest absolute Gasteiger partial charge is 0.342 e. The molecule has 0 unspecified atom stereocenters. The van der Waals surface area contributed by atoms with E-state index in [1.165, 1.54) is 11.8 Å². The Morgan fingerprint density at radius 3 is 2.53 bits per heavy atom. The second kappa shape index (κ2) is 11.2. The highest BCUT2D eigenvalue weighted by Gasteiger charge is 2.21. The Balaban J connectivity index is 1.64. The van der Waals surface area contributed by atoms with Crippen molar-refractivity contribution < 1.29 is 9.59 Å². The summed E-state index contributed by atoms with van der Waals surface area (Å²) in [7, 11) is 0. The Morgan fingerprint density at radius 2 is 1.81 bits per heavy atom. The zero-order valence-electron chi connectivity index (χ0n) is 18.3. The average Bonchev–Trinajstić information content (AvgIpc) is 3.21. The number of amides is 2. The number of nitrogens with one attached hydrogen (secondary N) is 2. The summed E-state index contributed by atoms with van der Waals surface area (Å²) in [6, 6.07) is 14.3. The smallest absolute Gasteiger partial charge is 0.253 e. The van der Waals surface area contributed by atoms with E-state index in [4.69, 9.17) is 11.6 Å². The molecular weight excluding hydrogens is 446 g/mol. The third-order valence-electron chi connectivity index (χ3n) is 4.92. The molecule has 1 atom stereocenters. The molecule has 2 aromatic carbocycles. The minimum absolute atomic E-state index is 0.108. The van der Waals surface area contributed by atoms with Gasteiger partial charge >= 0.3 is 0 Å². The van der Waals surface area contributed by atoms with Crippen LogP contribution in [-0.4, -0.2) is 32.3 Å². The molecule has 9 heteroatoms. The number of hydrogen-bond acceptors (Lipinski definition) is 5. The van der Waals surface area contributed by atoms with Crippen LogP contribution in [0.4, 0.5) is 5.69 Å². The SMILES string of the molecule is CCc1ccccc1NC(=O)CSc1nnc([C@@H](C)NC(=O)c2ccccc2Cl)n1CC. The fraction of sp³-hybridized carbons (Fsp3) is 0.304. The Kier molecular flexibility index (Phi) is 8.30. The Morgan fingerprint density at radius 1 is 1.09 bits per heavy atom. The van der Waals surface area contributed by atoms with Gasteiger partial charge in [-0.3, -0.25) is 9.59 Å². The normalized spacial score (nSPS) is 11.8. The van der Waals surface area contributed by atoms with Crippen LogP contribution in [0.3, 0.4) is 0 Å². The molecule has 7 nitrogen and oxygen atoms in total. The highest BCUT2D eigenvalue weighted by molar-refractivity contribution is 7.99. The van der Waals surface area contributed by atoms with E-state index in [0.717, 1.165) is 17.7 Å². The molecule has 1 heterocycles. The highest BCUT2D eigenvalue weighted by atomic mass is 35.5. The van der Waals surface area contributed by atoms with Crippen molar-refractivity contribution in [3.05, 3.63) is 70.5 Å². The van der Waals surface area contributed by atoms with Crippen molar-refractivity contribution in [2.45, 2.75) is 44.9 Å². The van der Waals surface area contributed by atoms with Gasteiger partial charge in [0.1, 0.15) is 0 Å². The molecule has 0 saturated carbocycles. The Labute approximate surface area is 197 Å². The number of rotatable bonds is 9. The van der Waals surface area contributed by atoms with Crippen molar-refractivity contribution in [3.8, 4) is 0 Å². The summed E-state index contributed by atoms with van der Waals surface area (Å²) in [5, 5.41) is 15.4. The van der Waals surface area contributed by atoms with E-state index in [-0.39, 0.29) is 23.6 Å². The minimum Gasteiger partial charge on any atom is -0.342 e. The molecule has 2 N–H and O–H groups in total. The van der Waals surface area contributed by atoms with Gasteiger partial charge in [0.25, 0.3) is 5.91 Å². The molecule has 3 aromatic rings. The van der Waals surface area contributed by atoms with Crippen molar-refractivity contribution in [2.24, 2.45) is 0 Å². The number of carbonyl (C=O) groups excluding carboxylic acids is 2. The summed E-state index contributed by atoms with van der Waals surface area (Å²) in [5.41, 5.74) is 2.32. The molecule has 0 bridgehead atoms. The number of aryl methyl sites for hydroxylation is 1. The van der Waals surface area contributed by atoms with Gasteiger partial charge in [0.15, 0.2) is 11.0 Å². The van der Waals surface area contributed by atoms with E-state index < -0.39 is 0 Å². The first-order valence-corrected chi connectivity index (χ1v) is 11.8. The Bertz CT molecular complexity index is 1100. The number of nitrogens with zero attached hydrogens (tertiary/aromatic N) is 3. The van der Waals surface area contributed by atoms with E-state index in [9.17, 15) is 9.59 Å².